The predicted octanol–water partition coefficient (Wildman–Crippen LogP) is 8.39. The summed E-state index contributed by atoms with van der Waals surface area (Å²) >= 11 is 1.48. The number of thiophene rings is 1. The minimum Gasteiger partial charge on any atom is -0.287 e. The van der Waals surface area contributed by atoms with E-state index in [4.69, 9.17) is 4.98 Å². The molecular weight excluding hydrogens is 538 g/mol. The number of hydrogen-bond donors (Lipinski definition) is 0. The Morgan fingerprint density at radius 1 is 0.762 bits per heavy atom. The molecule has 7 heteroatoms. The average molecular weight is 558 g/mol. The number of Topliss-reactive ketones (excluding diaryl/α,β-unsaturated/α-hetero) is 1. The number of anilines is 3. The smallest absolute Gasteiger partial charge is 0.212 e. The minimum absolute atomic E-state index is 0.117. The molecule has 0 radical (unpaired) electrons. The van der Waals surface area contributed by atoms with Crippen LogP contribution in [0.25, 0.3) is 33.5 Å². The van der Waals surface area contributed by atoms with Crippen molar-refractivity contribution in [3.63, 3.8) is 0 Å². The third kappa shape index (κ3) is 4.22. The number of fused-ring (bicyclic) bond motifs is 3. The molecule has 0 saturated carbocycles. The Labute approximate surface area is 245 Å². The van der Waals surface area contributed by atoms with Gasteiger partial charge in [0.25, 0.3) is 0 Å². The first-order valence-corrected chi connectivity index (χ1v) is 14.0. The Kier molecular flexibility index (Phi) is 6.13. The maximum absolute atomic E-state index is 13.7. The topological polar surface area (TPSA) is 93.7 Å². The van der Waals surface area contributed by atoms with Crippen molar-refractivity contribution in [1.29, 1.82) is 10.5 Å². The van der Waals surface area contributed by atoms with Gasteiger partial charge in [-0.1, -0.05) is 54.6 Å². The van der Waals surface area contributed by atoms with Crippen LogP contribution in [0.15, 0.2) is 120 Å². The number of carbonyl (C=O) groups is 1. The van der Waals surface area contributed by atoms with Crippen LogP contribution in [-0.2, 0) is 0 Å². The molecule has 1 aliphatic rings. The fourth-order valence-electron chi connectivity index (χ4n) is 5.22. The van der Waals surface area contributed by atoms with Gasteiger partial charge in [0.2, 0.25) is 5.78 Å². The third-order valence-corrected chi connectivity index (χ3v) is 8.16. The number of para-hydroxylation sites is 3. The molecule has 0 amide bonds. The molecule has 3 aromatic carbocycles. The molecule has 3 heterocycles. The van der Waals surface area contributed by atoms with Crippen LogP contribution in [0, 0.1) is 22.7 Å². The Hall–Kier alpha value is -5.89. The fourth-order valence-corrected chi connectivity index (χ4v) is 6.20. The molecule has 0 bridgehead atoms. The largest absolute Gasteiger partial charge is 0.287 e. The second-order valence-electron chi connectivity index (χ2n) is 9.65. The molecule has 6 aromatic rings. The summed E-state index contributed by atoms with van der Waals surface area (Å²) in [6.07, 6.45) is 1.75. The van der Waals surface area contributed by atoms with Gasteiger partial charge in [-0.3, -0.25) is 9.69 Å². The molecule has 6 nitrogen and oxygen atoms in total. The van der Waals surface area contributed by atoms with Crippen molar-refractivity contribution in [3.8, 4) is 12.1 Å². The van der Waals surface area contributed by atoms with Crippen LogP contribution in [0.4, 0.5) is 16.5 Å². The summed E-state index contributed by atoms with van der Waals surface area (Å²) in [4.78, 5) is 26.1. The lowest BCUT2D eigenvalue weighted by Gasteiger charge is -2.22. The van der Waals surface area contributed by atoms with Gasteiger partial charge in [-0.05, 0) is 60.7 Å². The van der Waals surface area contributed by atoms with Gasteiger partial charge in [-0.25, -0.2) is 9.97 Å². The van der Waals surface area contributed by atoms with E-state index in [0.717, 1.165) is 37.7 Å². The first-order valence-electron chi connectivity index (χ1n) is 13.2. The normalized spacial score (nSPS) is 13.2. The average Bonchev–Trinajstić information content (AvgIpc) is 3.60. The number of carbonyl (C=O) groups excluding carboxylic acids is 1. The highest BCUT2D eigenvalue weighted by molar-refractivity contribution is 7.17. The van der Waals surface area contributed by atoms with Gasteiger partial charge in [0.05, 0.1) is 11.0 Å². The molecule has 1 aliphatic carbocycles. The fraction of sp³-hybridized carbons (Fsp3) is 0. The van der Waals surface area contributed by atoms with Crippen molar-refractivity contribution in [1.82, 2.24) is 9.97 Å². The lowest BCUT2D eigenvalue weighted by Crippen LogP contribution is -2.09. The highest BCUT2D eigenvalue weighted by Crippen LogP contribution is 2.43. The van der Waals surface area contributed by atoms with Crippen LogP contribution in [0.2, 0.25) is 0 Å². The zero-order valence-electron chi connectivity index (χ0n) is 22.0. The number of aromatic nitrogens is 2. The van der Waals surface area contributed by atoms with Gasteiger partial charge in [0.1, 0.15) is 34.2 Å². The summed E-state index contributed by atoms with van der Waals surface area (Å²) < 4.78 is 0. The number of rotatable bonds is 4. The summed E-state index contributed by atoms with van der Waals surface area (Å²) in [5.74, 6) is 0.456. The maximum Gasteiger partial charge on any atom is 0.212 e. The number of nitriles is 2. The van der Waals surface area contributed by atoms with Crippen molar-refractivity contribution < 1.29 is 4.79 Å². The Balaban J connectivity index is 1.36. The number of allylic oxidation sites excluding steroid dienone is 3. The Morgan fingerprint density at radius 2 is 1.45 bits per heavy atom. The van der Waals surface area contributed by atoms with Gasteiger partial charge in [-0.2, -0.15) is 10.5 Å². The summed E-state index contributed by atoms with van der Waals surface area (Å²) in [7, 11) is 0. The molecule has 0 spiro atoms. The first kappa shape index (κ1) is 25.1. The van der Waals surface area contributed by atoms with Crippen molar-refractivity contribution in [2.24, 2.45) is 0 Å². The molecule has 0 atom stereocenters. The molecule has 0 aliphatic heterocycles. The summed E-state index contributed by atoms with van der Waals surface area (Å²) in [6, 6.07) is 39.2. The molecule has 3 aromatic heterocycles. The maximum atomic E-state index is 13.7. The highest BCUT2D eigenvalue weighted by atomic mass is 32.1. The Bertz CT molecular complexity index is 2180. The van der Waals surface area contributed by atoms with E-state index in [1.807, 2.05) is 115 Å². The second-order valence-corrected chi connectivity index (χ2v) is 10.7. The lowest BCUT2D eigenvalue weighted by atomic mass is 9.99. The summed E-state index contributed by atoms with van der Waals surface area (Å²) in [6.45, 7) is 0. The van der Waals surface area contributed by atoms with Gasteiger partial charge >= 0.3 is 0 Å². The molecule has 0 N–H and O–H groups in total. The van der Waals surface area contributed by atoms with E-state index in [1.165, 1.54) is 11.3 Å². The third-order valence-electron chi connectivity index (χ3n) is 7.14. The van der Waals surface area contributed by atoms with Crippen LogP contribution < -0.4 is 4.90 Å². The van der Waals surface area contributed by atoms with E-state index < -0.39 is 0 Å². The number of benzene rings is 3. The predicted molar refractivity (Wildman–Crippen MR) is 166 cm³/mol. The second kappa shape index (κ2) is 10.3. The van der Waals surface area contributed by atoms with Gasteiger partial charge in [0, 0.05) is 38.0 Å². The lowest BCUT2D eigenvalue weighted by molar-refractivity contribution is 0.104. The zero-order chi connectivity index (χ0) is 28.6. The monoisotopic (exact) mass is 557 g/mol. The molecular formula is C35H19N5OS. The van der Waals surface area contributed by atoms with Crippen LogP contribution in [0.1, 0.15) is 20.9 Å². The number of nitrogens with zero attached hydrogens (tertiary/aromatic N) is 5. The SMILES string of the molecule is N#CC(C#N)=C1/C(=C\c2ccc(N(c3ccccc3)c3ccc4ccccc4n3)s2)C(=O)c2nc3ccccc3cc21. The summed E-state index contributed by atoms with van der Waals surface area (Å²) in [5, 5.41) is 22.4. The van der Waals surface area contributed by atoms with Crippen LogP contribution >= 0.6 is 11.3 Å². The minimum atomic E-state index is -0.306. The van der Waals surface area contributed by atoms with Gasteiger partial charge in [0.15, 0.2) is 0 Å². The molecule has 0 saturated heterocycles. The van der Waals surface area contributed by atoms with E-state index in [-0.39, 0.29) is 22.6 Å². The standard InChI is InChI=1S/C35H19N5OS/c36-20-24(21-37)33-27-18-23-9-5-7-13-30(23)39-34(27)35(41)28(33)19-26-15-17-32(42-26)40(25-10-2-1-3-11-25)31-16-14-22-8-4-6-12-29(22)38-31/h1-19H/b28-19+. The van der Waals surface area contributed by atoms with E-state index in [2.05, 4.69) is 16.0 Å². The van der Waals surface area contributed by atoms with Gasteiger partial charge in [-0.15, -0.1) is 11.3 Å². The van der Waals surface area contributed by atoms with Gasteiger partial charge < -0.3 is 0 Å². The summed E-state index contributed by atoms with van der Waals surface area (Å²) in [5.41, 5.74) is 3.76. The molecule has 7 rings (SSSR count). The van der Waals surface area contributed by atoms with Crippen LogP contribution in [-0.4, -0.2) is 15.8 Å². The van der Waals surface area contributed by atoms with E-state index in [9.17, 15) is 15.3 Å². The van der Waals surface area contributed by atoms with E-state index in [0.29, 0.717) is 16.7 Å². The molecule has 0 unspecified atom stereocenters. The molecule has 196 valence electrons. The van der Waals surface area contributed by atoms with E-state index in [1.54, 1.807) is 6.08 Å². The highest BCUT2D eigenvalue weighted by Gasteiger charge is 2.34. The van der Waals surface area contributed by atoms with Crippen LogP contribution in [0.5, 0.6) is 0 Å². The van der Waals surface area contributed by atoms with Crippen molar-refractivity contribution >= 4 is 67.1 Å². The Morgan fingerprint density at radius 3 is 2.21 bits per heavy atom. The molecule has 42 heavy (non-hydrogen) atoms. The number of ketones is 1. The van der Waals surface area contributed by atoms with E-state index >= 15 is 0 Å². The quantitative estimate of drug-likeness (QED) is 0.160. The zero-order valence-corrected chi connectivity index (χ0v) is 22.8. The van der Waals surface area contributed by atoms with Crippen molar-refractivity contribution in [2.45, 2.75) is 0 Å². The number of pyridine rings is 2. The number of hydrogen-bond acceptors (Lipinski definition) is 7. The van der Waals surface area contributed by atoms with Crippen LogP contribution in [0.3, 0.4) is 0 Å². The first-order chi connectivity index (χ1) is 20.6. The van der Waals surface area contributed by atoms with Crippen molar-refractivity contribution in [2.75, 3.05) is 4.90 Å². The van der Waals surface area contributed by atoms with Crippen molar-refractivity contribution in [3.05, 3.63) is 136 Å². The molecule has 0 fully saturated rings.